The topological polar surface area (TPSA) is 109 Å². The molecule has 0 aliphatic carbocycles. The fraction of sp³-hybridized carbons (Fsp3) is 0.150. The Morgan fingerprint density at radius 2 is 1.89 bits per heavy atom. The molecular weight excluding hydrogens is 380 g/mol. The van der Waals surface area contributed by atoms with Crippen molar-refractivity contribution in [2.75, 3.05) is 11.3 Å². The van der Waals surface area contributed by atoms with E-state index in [-0.39, 0.29) is 17.0 Å². The number of carbonyl (C=O) groups excluding carboxylic acids is 1. The van der Waals surface area contributed by atoms with Crippen LogP contribution in [0.4, 0.5) is 5.69 Å². The highest BCUT2D eigenvalue weighted by Gasteiger charge is 2.18. The minimum absolute atomic E-state index is 0.0340. The summed E-state index contributed by atoms with van der Waals surface area (Å²) < 4.78 is 32.8. The Balaban J connectivity index is 1.71. The van der Waals surface area contributed by atoms with Crippen molar-refractivity contribution in [2.24, 2.45) is 0 Å². The molecule has 0 saturated heterocycles. The lowest BCUT2D eigenvalue weighted by molar-refractivity contribution is 0.0901. The average molecular weight is 400 g/mol. The Morgan fingerprint density at radius 1 is 1.11 bits per heavy atom. The van der Waals surface area contributed by atoms with Gasteiger partial charge in [0.15, 0.2) is 0 Å². The van der Waals surface area contributed by atoms with Gasteiger partial charge in [-0.3, -0.25) is 9.52 Å². The molecule has 1 atom stereocenters. The lowest BCUT2D eigenvalue weighted by Crippen LogP contribution is -2.28. The molecule has 3 rings (SSSR count). The molecular formula is C20H20N2O5S. The van der Waals surface area contributed by atoms with E-state index in [0.29, 0.717) is 11.4 Å². The zero-order valence-electron chi connectivity index (χ0n) is 15.1. The van der Waals surface area contributed by atoms with Crippen LogP contribution in [0.3, 0.4) is 0 Å². The van der Waals surface area contributed by atoms with Crippen LogP contribution in [0, 0.1) is 6.92 Å². The monoisotopic (exact) mass is 400 g/mol. The summed E-state index contributed by atoms with van der Waals surface area (Å²) in [7, 11) is -3.85. The lowest BCUT2D eigenvalue weighted by Gasteiger charge is -2.11. The Bertz CT molecular complexity index is 1060. The van der Waals surface area contributed by atoms with Crippen LogP contribution in [0.5, 0.6) is 0 Å². The molecule has 3 N–H and O–H groups in total. The average Bonchev–Trinajstić information content (AvgIpc) is 3.20. The summed E-state index contributed by atoms with van der Waals surface area (Å²) in [6.45, 7) is 1.80. The molecule has 1 aromatic heterocycles. The second-order valence-electron chi connectivity index (χ2n) is 6.24. The molecule has 1 heterocycles. The van der Waals surface area contributed by atoms with Crippen molar-refractivity contribution in [3.63, 3.8) is 0 Å². The number of aliphatic hydroxyl groups excluding tert-OH is 1. The van der Waals surface area contributed by atoms with Gasteiger partial charge in [-0.05, 0) is 55.0 Å². The lowest BCUT2D eigenvalue weighted by atomic mass is 10.2. The number of aryl methyl sites for hydroxylation is 1. The largest absolute Gasteiger partial charge is 0.467 e. The summed E-state index contributed by atoms with van der Waals surface area (Å²) in [4.78, 5) is 12.3. The molecule has 7 nitrogen and oxygen atoms in total. The van der Waals surface area contributed by atoms with Gasteiger partial charge in [-0.25, -0.2) is 8.42 Å². The Morgan fingerprint density at radius 3 is 2.61 bits per heavy atom. The van der Waals surface area contributed by atoms with E-state index in [1.54, 1.807) is 30.3 Å². The quantitative estimate of drug-likeness (QED) is 0.565. The maximum absolute atomic E-state index is 12.6. The summed E-state index contributed by atoms with van der Waals surface area (Å²) in [5.74, 6) is -0.169. The van der Waals surface area contributed by atoms with E-state index in [2.05, 4.69) is 10.0 Å². The van der Waals surface area contributed by atoms with Crippen molar-refractivity contribution in [1.82, 2.24) is 5.32 Å². The number of benzene rings is 2. The molecule has 8 heteroatoms. The molecule has 0 spiro atoms. The number of rotatable bonds is 7. The predicted molar refractivity (Wildman–Crippen MR) is 104 cm³/mol. The molecule has 0 radical (unpaired) electrons. The molecule has 1 unspecified atom stereocenters. The third-order valence-corrected chi connectivity index (χ3v) is 5.38. The van der Waals surface area contributed by atoms with E-state index in [1.807, 2.05) is 13.0 Å². The summed E-state index contributed by atoms with van der Waals surface area (Å²) >= 11 is 0. The van der Waals surface area contributed by atoms with Crippen LogP contribution in [0.15, 0.2) is 76.2 Å². The first-order valence-corrected chi connectivity index (χ1v) is 10.0. The number of aliphatic hydroxyl groups is 1. The Labute approximate surface area is 163 Å². The normalized spacial score (nSPS) is 12.4. The van der Waals surface area contributed by atoms with Crippen LogP contribution in [-0.4, -0.2) is 26.0 Å². The molecule has 1 amide bonds. The number of nitrogens with one attached hydrogen (secondary N) is 2. The number of furan rings is 1. The van der Waals surface area contributed by atoms with Crippen molar-refractivity contribution in [3.05, 3.63) is 83.8 Å². The van der Waals surface area contributed by atoms with E-state index in [4.69, 9.17) is 4.42 Å². The summed E-state index contributed by atoms with van der Waals surface area (Å²) in [5, 5.41) is 12.5. The molecule has 0 aliphatic rings. The highest BCUT2D eigenvalue weighted by Crippen LogP contribution is 2.18. The van der Waals surface area contributed by atoms with E-state index in [0.717, 1.165) is 5.56 Å². The SMILES string of the molecule is Cc1cccc(NS(=O)(=O)c2cccc(C(=O)NCC(O)c3ccco3)c2)c1. The third kappa shape index (κ3) is 4.79. The number of sulfonamides is 1. The smallest absolute Gasteiger partial charge is 0.261 e. The van der Waals surface area contributed by atoms with Crippen molar-refractivity contribution in [2.45, 2.75) is 17.9 Å². The minimum Gasteiger partial charge on any atom is -0.467 e. The Hall–Kier alpha value is -3.10. The molecule has 0 bridgehead atoms. The van der Waals surface area contributed by atoms with Gasteiger partial charge in [0.05, 0.1) is 17.7 Å². The highest BCUT2D eigenvalue weighted by molar-refractivity contribution is 7.92. The first kappa shape index (κ1) is 19.7. The van der Waals surface area contributed by atoms with Crippen LogP contribution in [0.1, 0.15) is 27.8 Å². The van der Waals surface area contributed by atoms with Gasteiger partial charge in [0, 0.05) is 11.3 Å². The predicted octanol–water partition coefficient (Wildman–Crippen LogP) is 2.85. The fourth-order valence-corrected chi connectivity index (χ4v) is 3.69. The first-order valence-electron chi connectivity index (χ1n) is 8.54. The van der Waals surface area contributed by atoms with Gasteiger partial charge in [0.1, 0.15) is 11.9 Å². The number of hydrogen-bond acceptors (Lipinski definition) is 5. The number of hydrogen-bond donors (Lipinski definition) is 3. The van der Waals surface area contributed by atoms with Crippen molar-refractivity contribution in [1.29, 1.82) is 0 Å². The molecule has 146 valence electrons. The Kier molecular flexibility index (Phi) is 5.81. The van der Waals surface area contributed by atoms with Gasteiger partial charge in [0.25, 0.3) is 15.9 Å². The molecule has 0 saturated carbocycles. The third-order valence-electron chi connectivity index (χ3n) is 4.00. The molecule has 3 aromatic rings. The van der Waals surface area contributed by atoms with Gasteiger partial charge in [-0.1, -0.05) is 18.2 Å². The standard InChI is InChI=1S/C20H20N2O5S/c1-14-5-2-7-16(11-14)22-28(25,26)17-8-3-6-15(12-17)20(24)21-13-18(23)19-9-4-10-27-19/h2-12,18,22-23H,13H2,1H3,(H,21,24). The summed E-state index contributed by atoms with van der Waals surface area (Å²) in [5.41, 5.74) is 1.53. The van der Waals surface area contributed by atoms with E-state index >= 15 is 0 Å². The van der Waals surface area contributed by atoms with Crippen molar-refractivity contribution in [3.8, 4) is 0 Å². The van der Waals surface area contributed by atoms with Gasteiger partial charge >= 0.3 is 0 Å². The second-order valence-corrected chi connectivity index (χ2v) is 7.93. The van der Waals surface area contributed by atoms with Gasteiger partial charge in [-0.15, -0.1) is 0 Å². The maximum Gasteiger partial charge on any atom is 0.261 e. The fourth-order valence-electron chi connectivity index (χ4n) is 2.60. The van der Waals surface area contributed by atoms with E-state index < -0.39 is 22.0 Å². The minimum atomic E-state index is -3.85. The van der Waals surface area contributed by atoms with E-state index in [1.165, 1.54) is 30.5 Å². The highest BCUT2D eigenvalue weighted by atomic mass is 32.2. The molecule has 0 fully saturated rings. The van der Waals surface area contributed by atoms with Crippen LogP contribution >= 0.6 is 0 Å². The maximum atomic E-state index is 12.6. The molecule has 2 aromatic carbocycles. The zero-order chi connectivity index (χ0) is 20.1. The molecule has 28 heavy (non-hydrogen) atoms. The number of anilines is 1. The zero-order valence-corrected chi connectivity index (χ0v) is 15.9. The van der Waals surface area contributed by atoms with Gasteiger partial charge < -0.3 is 14.8 Å². The molecule has 0 aliphatic heterocycles. The van der Waals surface area contributed by atoms with Crippen molar-refractivity contribution < 1.29 is 22.7 Å². The summed E-state index contributed by atoms with van der Waals surface area (Å²) in [6.07, 6.45) is 0.435. The number of carbonyl (C=O) groups is 1. The summed E-state index contributed by atoms with van der Waals surface area (Å²) in [6, 6.07) is 15.9. The van der Waals surface area contributed by atoms with Crippen molar-refractivity contribution >= 4 is 21.6 Å². The van der Waals surface area contributed by atoms with Crippen LogP contribution in [-0.2, 0) is 10.0 Å². The van der Waals surface area contributed by atoms with E-state index in [9.17, 15) is 18.3 Å². The number of amides is 1. The second kappa shape index (κ2) is 8.28. The van der Waals surface area contributed by atoms with Crippen LogP contribution < -0.4 is 10.0 Å². The van der Waals surface area contributed by atoms with Crippen LogP contribution in [0.2, 0.25) is 0 Å². The first-order chi connectivity index (χ1) is 13.3. The van der Waals surface area contributed by atoms with Gasteiger partial charge in [-0.2, -0.15) is 0 Å². The van der Waals surface area contributed by atoms with Gasteiger partial charge in [0.2, 0.25) is 0 Å². The van der Waals surface area contributed by atoms with Crippen LogP contribution in [0.25, 0.3) is 0 Å².